The first-order valence-electron chi connectivity index (χ1n) is 7.51. The summed E-state index contributed by atoms with van der Waals surface area (Å²) in [5.74, 6) is 0.442. The molecule has 0 radical (unpaired) electrons. The molecule has 0 bridgehead atoms. The lowest BCUT2D eigenvalue weighted by Crippen LogP contribution is -2.41. The Kier molecular flexibility index (Phi) is 4.50. The van der Waals surface area contributed by atoms with Crippen LogP contribution in [0.25, 0.3) is 0 Å². The van der Waals surface area contributed by atoms with Gasteiger partial charge in [-0.1, -0.05) is 0 Å². The van der Waals surface area contributed by atoms with Gasteiger partial charge in [0.1, 0.15) is 0 Å². The largest absolute Gasteiger partial charge is 0.463 e. The second-order valence-corrected chi connectivity index (χ2v) is 7.34. The highest BCUT2D eigenvalue weighted by Gasteiger charge is 2.59. The topological polar surface area (TPSA) is 39.7 Å². The molecule has 3 fully saturated rings. The van der Waals surface area contributed by atoms with E-state index in [4.69, 9.17) is 14.0 Å². The molecular weight excluding hydrogens is 276 g/mol. The van der Waals surface area contributed by atoms with E-state index in [1.54, 1.807) is 0 Å². The fourth-order valence-corrected chi connectivity index (χ4v) is 3.59. The molecule has 3 aliphatic heterocycles. The van der Waals surface area contributed by atoms with E-state index in [-0.39, 0.29) is 30.7 Å². The van der Waals surface area contributed by atoms with Crippen molar-refractivity contribution >= 4 is 19.5 Å². The van der Waals surface area contributed by atoms with Crippen molar-refractivity contribution in [1.82, 2.24) is 5.32 Å². The van der Waals surface area contributed by atoms with Crippen LogP contribution in [0.3, 0.4) is 0 Å². The minimum absolute atomic E-state index is 0. The summed E-state index contributed by atoms with van der Waals surface area (Å²) in [5.41, 5.74) is -0.154. The van der Waals surface area contributed by atoms with Crippen molar-refractivity contribution in [1.29, 1.82) is 0 Å². The average Bonchev–Trinajstić information content (AvgIpc) is 2.80. The van der Waals surface area contributed by atoms with Gasteiger partial charge in [0.2, 0.25) is 0 Å². The van der Waals surface area contributed by atoms with Crippen molar-refractivity contribution < 1.29 is 14.0 Å². The number of hydrogen-bond acceptors (Lipinski definition) is 4. The molecule has 3 saturated heterocycles. The maximum Gasteiger partial charge on any atom is 0.463 e. The van der Waals surface area contributed by atoms with Gasteiger partial charge in [0, 0.05) is 25.6 Å². The molecule has 116 valence electrons. The van der Waals surface area contributed by atoms with E-state index in [0.29, 0.717) is 11.2 Å². The van der Waals surface area contributed by atoms with Gasteiger partial charge < -0.3 is 19.4 Å². The molecule has 3 aliphatic rings. The Morgan fingerprint density at radius 2 is 1.55 bits per heavy atom. The van der Waals surface area contributed by atoms with Crippen molar-refractivity contribution in [2.75, 3.05) is 26.3 Å². The molecular formula is C14H27BClNO3. The van der Waals surface area contributed by atoms with Crippen LogP contribution in [0.2, 0.25) is 5.82 Å². The third-order valence-corrected chi connectivity index (χ3v) is 5.72. The molecule has 3 heterocycles. The Balaban J connectivity index is 0.00000147. The van der Waals surface area contributed by atoms with Crippen LogP contribution in [0, 0.1) is 5.41 Å². The van der Waals surface area contributed by atoms with Gasteiger partial charge in [-0.2, -0.15) is 0 Å². The lowest BCUT2D eigenvalue weighted by molar-refractivity contribution is 0.00578. The lowest BCUT2D eigenvalue weighted by Gasteiger charge is -2.38. The monoisotopic (exact) mass is 303 g/mol. The molecule has 1 spiro atoms. The zero-order valence-corrected chi connectivity index (χ0v) is 13.8. The third kappa shape index (κ3) is 2.52. The summed E-state index contributed by atoms with van der Waals surface area (Å²) in [6.45, 7) is 12.3. The minimum atomic E-state index is -0.230. The van der Waals surface area contributed by atoms with Crippen molar-refractivity contribution in [2.24, 2.45) is 5.41 Å². The van der Waals surface area contributed by atoms with Crippen LogP contribution in [0.4, 0.5) is 0 Å². The van der Waals surface area contributed by atoms with Crippen molar-refractivity contribution in [3.63, 3.8) is 0 Å². The van der Waals surface area contributed by atoms with E-state index in [0.717, 1.165) is 39.1 Å². The van der Waals surface area contributed by atoms with Gasteiger partial charge in [0.25, 0.3) is 0 Å². The fraction of sp³-hybridized carbons (Fsp3) is 1.00. The second-order valence-electron chi connectivity index (χ2n) is 7.34. The summed E-state index contributed by atoms with van der Waals surface area (Å²) in [6.07, 6.45) is 2.24. The van der Waals surface area contributed by atoms with Crippen LogP contribution in [0.15, 0.2) is 0 Å². The maximum atomic E-state index is 6.27. The molecule has 4 nitrogen and oxygen atoms in total. The molecule has 3 rings (SSSR count). The van der Waals surface area contributed by atoms with E-state index in [1.807, 2.05) is 0 Å². The Morgan fingerprint density at radius 1 is 1.00 bits per heavy atom. The zero-order valence-electron chi connectivity index (χ0n) is 13.0. The van der Waals surface area contributed by atoms with E-state index in [9.17, 15) is 0 Å². The lowest BCUT2D eigenvalue weighted by atomic mass is 9.56. The highest BCUT2D eigenvalue weighted by atomic mass is 35.5. The van der Waals surface area contributed by atoms with Gasteiger partial charge in [-0.05, 0) is 52.5 Å². The quantitative estimate of drug-likeness (QED) is 0.754. The Morgan fingerprint density at radius 3 is 2.10 bits per heavy atom. The van der Waals surface area contributed by atoms with Crippen molar-refractivity contribution in [3.05, 3.63) is 0 Å². The summed E-state index contributed by atoms with van der Waals surface area (Å²) >= 11 is 0. The summed E-state index contributed by atoms with van der Waals surface area (Å²) in [7, 11) is -0.0851. The SMILES string of the molecule is CC1(C)OB(C2CNCC23CCOCC3)OC1(C)C.Cl. The molecule has 0 aromatic rings. The fourth-order valence-electron chi connectivity index (χ4n) is 3.59. The molecule has 6 heteroatoms. The van der Waals surface area contributed by atoms with Gasteiger partial charge in [0.15, 0.2) is 0 Å². The molecule has 1 atom stereocenters. The normalized spacial score (nSPS) is 34.2. The van der Waals surface area contributed by atoms with Gasteiger partial charge in [0.05, 0.1) is 11.2 Å². The Hall–Kier alpha value is 0.195. The zero-order chi connectivity index (χ0) is 13.7. The maximum absolute atomic E-state index is 6.27. The van der Waals surface area contributed by atoms with E-state index in [1.165, 1.54) is 0 Å². The number of rotatable bonds is 1. The van der Waals surface area contributed by atoms with Gasteiger partial charge in [-0.25, -0.2) is 0 Å². The van der Waals surface area contributed by atoms with E-state index in [2.05, 4.69) is 33.0 Å². The predicted octanol–water partition coefficient (Wildman–Crippen LogP) is 2.27. The van der Waals surface area contributed by atoms with Gasteiger partial charge in [-0.3, -0.25) is 0 Å². The summed E-state index contributed by atoms with van der Waals surface area (Å²) in [4.78, 5) is 0. The standard InChI is InChI=1S/C14H26BNO3.ClH/c1-12(2)13(3,4)19-15(18-12)11-9-16-10-14(11)5-7-17-8-6-14;/h11,16H,5-10H2,1-4H3;1H. The highest BCUT2D eigenvalue weighted by molar-refractivity contribution is 6.48. The average molecular weight is 304 g/mol. The summed E-state index contributed by atoms with van der Waals surface area (Å²) < 4.78 is 18.1. The van der Waals surface area contributed by atoms with Gasteiger partial charge >= 0.3 is 7.12 Å². The smallest absolute Gasteiger partial charge is 0.403 e. The van der Waals surface area contributed by atoms with Crippen LogP contribution >= 0.6 is 12.4 Å². The van der Waals surface area contributed by atoms with E-state index >= 15 is 0 Å². The summed E-state index contributed by atoms with van der Waals surface area (Å²) in [5, 5.41) is 3.55. The van der Waals surface area contributed by atoms with Crippen LogP contribution in [0.5, 0.6) is 0 Å². The molecule has 1 N–H and O–H groups in total. The number of nitrogens with one attached hydrogen (secondary N) is 1. The number of hydrogen-bond donors (Lipinski definition) is 1. The number of halogens is 1. The summed E-state index contributed by atoms with van der Waals surface area (Å²) in [6, 6.07) is 0. The molecule has 0 aromatic heterocycles. The van der Waals surface area contributed by atoms with Gasteiger partial charge in [-0.15, -0.1) is 12.4 Å². The van der Waals surface area contributed by atoms with E-state index < -0.39 is 0 Å². The Labute approximate surface area is 128 Å². The predicted molar refractivity (Wildman–Crippen MR) is 82.4 cm³/mol. The Bertz CT molecular complexity index is 342. The first-order chi connectivity index (χ1) is 8.86. The van der Waals surface area contributed by atoms with Crippen LogP contribution in [-0.2, 0) is 14.0 Å². The molecule has 0 aliphatic carbocycles. The van der Waals surface area contributed by atoms with Crippen LogP contribution < -0.4 is 5.32 Å². The second kappa shape index (κ2) is 5.43. The molecule has 0 aromatic carbocycles. The molecule has 0 saturated carbocycles. The minimum Gasteiger partial charge on any atom is -0.403 e. The number of ether oxygens (including phenoxy) is 1. The third-order valence-electron chi connectivity index (χ3n) is 5.72. The van der Waals surface area contributed by atoms with Crippen LogP contribution in [0.1, 0.15) is 40.5 Å². The van der Waals surface area contributed by atoms with Crippen molar-refractivity contribution in [3.8, 4) is 0 Å². The molecule has 0 amide bonds. The highest BCUT2D eigenvalue weighted by Crippen LogP contribution is 2.50. The van der Waals surface area contributed by atoms with Crippen LogP contribution in [-0.4, -0.2) is 44.6 Å². The van der Waals surface area contributed by atoms with Crippen molar-refractivity contribution in [2.45, 2.75) is 57.6 Å². The molecule has 20 heavy (non-hydrogen) atoms. The first kappa shape index (κ1) is 16.6. The first-order valence-corrected chi connectivity index (χ1v) is 7.51. The molecule has 1 unspecified atom stereocenters.